The first-order valence-corrected chi connectivity index (χ1v) is 9.31. The summed E-state index contributed by atoms with van der Waals surface area (Å²) in [5.74, 6) is -0.142. The molecule has 130 valence electrons. The molecule has 0 spiro atoms. The van der Waals surface area contributed by atoms with Crippen molar-refractivity contribution in [2.45, 2.75) is 13.3 Å². The number of piperazine rings is 1. The molecule has 2 aromatic heterocycles. The largest absolute Gasteiger partial charge is 0.301 e. The number of hydrazine groups is 1. The van der Waals surface area contributed by atoms with E-state index in [-0.39, 0.29) is 5.91 Å². The number of carbonyl (C=O) groups is 1. The van der Waals surface area contributed by atoms with Crippen LogP contribution in [0, 0.1) is 0 Å². The van der Waals surface area contributed by atoms with Crippen LogP contribution in [0.5, 0.6) is 0 Å². The van der Waals surface area contributed by atoms with E-state index in [2.05, 4.69) is 37.5 Å². The van der Waals surface area contributed by atoms with Crippen molar-refractivity contribution in [2.24, 2.45) is 0 Å². The summed E-state index contributed by atoms with van der Waals surface area (Å²) in [6.07, 6.45) is 4.21. The standard InChI is InChI=1S/C16H24N6OS/c1-2-21-6-8-22(9-7-21)5-3-4-19-20-16(23)13-11-24-14-10-17-12-18-15(13)14/h10-12,19H,2-9H2,1H3,(H,20,23). The van der Waals surface area contributed by atoms with Gasteiger partial charge in [0.05, 0.1) is 15.8 Å². The Morgan fingerprint density at radius 3 is 2.88 bits per heavy atom. The first-order chi connectivity index (χ1) is 11.8. The van der Waals surface area contributed by atoms with Crippen molar-refractivity contribution in [2.75, 3.05) is 45.8 Å². The van der Waals surface area contributed by atoms with E-state index in [1.807, 2.05) is 5.38 Å². The van der Waals surface area contributed by atoms with Crippen LogP contribution in [0.2, 0.25) is 0 Å². The molecule has 1 saturated heterocycles. The molecule has 3 rings (SSSR count). The van der Waals surface area contributed by atoms with E-state index in [0.29, 0.717) is 11.1 Å². The van der Waals surface area contributed by atoms with Gasteiger partial charge in [0.2, 0.25) is 0 Å². The van der Waals surface area contributed by atoms with E-state index < -0.39 is 0 Å². The number of aromatic nitrogens is 2. The minimum atomic E-state index is -0.142. The summed E-state index contributed by atoms with van der Waals surface area (Å²) < 4.78 is 0.925. The Labute approximate surface area is 146 Å². The number of likely N-dealkylation sites (N-methyl/N-ethyl adjacent to an activating group) is 1. The van der Waals surface area contributed by atoms with Gasteiger partial charge in [-0.25, -0.2) is 15.4 Å². The number of amides is 1. The maximum atomic E-state index is 12.2. The number of nitrogens with one attached hydrogen (secondary N) is 2. The normalized spacial score (nSPS) is 16.5. The first kappa shape index (κ1) is 17.2. The van der Waals surface area contributed by atoms with Crippen molar-refractivity contribution < 1.29 is 4.79 Å². The molecule has 0 saturated carbocycles. The molecule has 1 amide bonds. The molecular weight excluding hydrogens is 324 g/mol. The predicted octanol–water partition coefficient (Wildman–Crippen LogP) is 0.953. The van der Waals surface area contributed by atoms with Crippen LogP contribution < -0.4 is 10.9 Å². The number of thiophene rings is 1. The van der Waals surface area contributed by atoms with Crippen molar-refractivity contribution in [1.29, 1.82) is 0 Å². The van der Waals surface area contributed by atoms with Crippen molar-refractivity contribution in [3.05, 3.63) is 23.5 Å². The van der Waals surface area contributed by atoms with E-state index >= 15 is 0 Å². The Kier molecular flexibility index (Phi) is 6.08. The molecule has 1 aliphatic rings. The second-order valence-corrected chi connectivity index (χ2v) is 6.81. The Morgan fingerprint density at radius 2 is 2.08 bits per heavy atom. The molecule has 1 fully saturated rings. The van der Waals surface area contributed by atoms with Gasteiger partial charge in [0.25, 0.3) is 5.91 Å². The first-order valence-electron chi connectivity index (χ1n) is 8.43. The van der Waals surface area contributed by atoms with Crippen LogP contribution in [0.3, 0.4) is 0 Å². The third kappa shape index (κ3) is 4.27. The van der Waals surface area contributed by atoms with E-state index in [1.54, 1.807) is 6.20 Å². The molecule has 24 heavy (non-hydrogen) atoms. The predicted molar refractivity (Wildman–Crippen MR) is 96.1 cm³/mol. The highest BCUT2D eigenvalue weighted by Gasteiger charge is 2.15. The Balaban J connectivity index is 1.36. The Bertz CT molecular complexity index is 667. The van der Waals surface area contributed by atoms with E-state index in [4.69, 9.17) is 0 Å². The highest BCUT2D eigenvalue weighted by atomic mass is 32.1. The smallest absolute Gasteiger partial charge is 0.268 e. The van der Waals surface area contributed by atoms with Gasteiger partial charge in [-0.2, -0.15) is 0 Å². The topological polar surface area (TPSA) is 73.4 Å². The van der Waals surface area contributed by atoms with Gasteiger partial charge in [-0.15, -0.1) is 11.3 Å². The summed E-state index contributed by atoms with van der Waals surface area (Å²) in [7, 11) is 0. The average Bonchev–Trinajstić information content (AvgIpc) is 3.06. The average molecular weight is 348 g/mol. The van der Waals surface area contributed by atoms with Crippen LogP contribution in [0.25, 0.3) is 10.2 Å². The number of hydrogen-bond donors (Lipinski definition) is 2. The number of fused-ring (bicyclic) bond motifs is 1. The van der Waals surface area contributed by atoms with Gasteiger partial charge >= 0.3 is 0 Å². The summed E-state index contributed by atoms with van der Waals surface area (Å²) >= 11 is 1.48. The van der Waals surface area contributed by atoms with Crippen LogP contribution in [-0.4, -0.2) is 71.5 Å². The third-order valence-corrected chi connectivity index (χ3v) is 5.28. The van der Waals surface area contributed by atoms with Crippen LogP contribution >= 0.6 is 11.3 Å². The van der Waals surface area contributed by atoms with Gasteiger partial charge in [-0.1, -0.05) is 6.92 Å². The van der Waals surface area contributed by atoms with Crippen molar-refractivity contribution >= 4 is 27.5 Å². The summed E-state index contributed by atoms with van der Waals surface area (Å²) in [5.41, 5.74) is 7.09. The Hall–Kier alpha value is -1.61. The molecule has 0 aromatic carbocycles. The van der Waals surface area contributed by atoms with Gasteiger partial charge in [0.1, 0.15) is 6.33 Å². The zero-order valence-corrected chi connectivity index (χ0v) is 14.8. The van der Waals surface area contributed by atoms with Gasteiger partial charge in [-0.3, -0.25) is 10.2 Å². The van der Waals surface area contributed by atoms with Gasteiger partial charge in [0, 0.05) is 44.3 Å². The fraction of sp³-hybridized carbons (Fsp3) is 0.562. The van der Waals surface area contributed by atoms with E-state index in [0.717, 1.165) is 56.9 Å². The number of rotatable bonds is 7. The van der Waals surface area contributed by atoms with Crippen molar-refractivity contribution in [1.82, 2.24) is 30.6 Å². The third-order valence-electron chi connectivity index (χ3n) is 4.37. The zero-order chi connectivity index (χ0) is 16.8. The summed E-state index contributed by atoms with van der Waals surface area (Å²) in [6, 6.07) is 0. The SMILES string of the molecule is CCN1CCN(CCCNNC(=O)c2csc3cncnc23)CC1. The molecule has 8 heteroatoms. The molecule has 3 heterocycles. The Morgan fingerprint density at radius 1 is 1.29 bits per heavy atom. The molecule has 2 aromatic rings. The lowest BCUT2D eigenvalue weighted by molar-refractivity contribution is 0.0933. The van der Waals surface area contributed by atoms with Crippen LogP contribution in [0.4, 0.5) is 0 Å². The molecule has 0 aliphatic carbocycles. The minimum Gasteiger partial charge on any atom is -0.301 e. The zero-order valence-electron chi connectivity index (χ0n) is 14.0. The van der Waals surface area contributed by atoms with Crippen LogP contribution in [0.1, 0.15) is 23.7 Å². The molecule has 0 radical (unpaired) electrons. The van der Waals surface area contributed by atoms with Crippen LogP contribution in [-0.2, 0) is 0 Å². The fourth-order valence-electron chi connectivity index (χ4n) is 2.87. The molecule has 0 unspecified atom stereocenters. The van der Waals surface area contributed by atoms with Gasteiger partial charge < -0.3 is 9.80 Å². The van der Waals surface area contributed by atoms with Gasteiger partial charge in [-0.05, 0) is 19.5 Å². The maximum Gasteiger partial charge on any atom is 0.268 e. The molecule has 2 N–H and O–H groups in total. The minimum absolute atomic E-state index is 0.142. The molecular formula is C16H24N6OS. The molecule has 0 atom stereocenters. The molecule has 7 nitrogen and oxygen atoms in total. The fourth-order valence-corrected chi connectivity index (χ4v) is 3.73. The summed E-state index contributed by atoms with van der Waals surface area (Å²) in [6.45, 7) is 9.78. The van der Waals surface area contributed by atoms with Crippen molar-refractivity contribution in [3.63, 3.8) is 0 Å². The molecule has 0 bridgehead atoms. The number of hydrogen-bond acceptors (Lipinski definition) is 7. The van der Waals surface area contributed by atoms with Gasteiger partial charge in [0.15, 0.2) is 0 Å². The van der Waals surface area contributed by atoms with E-state index in [9.17, 15) is 4.79 Å². The van der Waals surface area contributed by atoms with Crippen LogP contribution in [0.15, 0.2) is 17.9 Å². The summed E-state index contributed by atoms with van der Waals surface area (Å²) in [4.78, 5) is 25.3. The number of nitrogens with zero attached hydrogens (tertiary/aromatic N) is 4. The highest BCUT2D eigenvalue weighted by Crippen LogP contribution is 2.22. The lowest BCUT2D eigenvalue weighted by atomic mass is 10.3. The number of carbonyl (C=O) groups excluding carboxylic acids is 1. The quantitative estimate of drug-likeness (QED) is 0.573. The second-order valence-electron chi connectivity index (χ2n) is 5.90. The molecule has 1 aliphatic heterocycles. The lowest BCUT2D eigenvalue weighted by Crippen LogP contribution is -2.47. The summed E-state index contributed by atoms with van der Waals surface area (Å²) in [5, 5.41) is 1.82. The lowest BCUT2D eigenvalue weighted by Gasteiger charge is -2.33. The maximum absolute atomic E-state index is 12.2. The monoisotopic (exact) mass is 348 g/mol. The van der Waals surface area contributed by atoms with E-state index in [1.165, 1.54) is 17.7 Å². The highest BCUT2D eigenvalue weighted by molar-refractivity contribution is 7.17. The van der Waals surface area contributed by atoms with Crippen molar-refractivity contribution in [3.8, 4) is 0 Å². The second kappa shape index (κ2) is 8.48.